The van der Waals surface area contributed by atoms with E-state index in [1.54, 1.807) is 39.8 Å². The van der Waals surface area contributed by atoms with Crippen molar-refractivity contribution in [1.29, 1.82) is 0 Å². The number of hydrogen-bond acceptors (Lipinski definition) is 8. The van der Waals surface area contributed by atoms with Gasteiger partial charge in [0.2, 0.25) is 0 Å². The molecule has 9 nitrogen and oxygen atoms in total. The Morgan fingerprint density at radius 1 is 1.03 bits per heavy atom. The van der Waals surface area contributed by atoms with Gasteiger partial charge in [-0.2, -0.15) is 0 Å². The lowest BCUT2D eigenvalue weighted by Crippen LogP contribution is -2.21. The van der Waals surface area contributed by atoms with Crippen LogP contribution in [0.5, 0.6) is 0 Å². The van der Waals surface area contributed by atoms with Gasteiger partial charge in [-0.05, 0) is 64.8 Å². The van der Waals surface area contributed by atoms with E-state index < -0.39 is 15.9 Å². The van der Waals surface area contributed by atoms with Crippen LogP contribution in [0.2, 0.25) is 5.02 Å². The number of benzene rings is 1. The van der Waals surface area contributed by atoms with Crippen molar-refractivity contribution in [2.24, 2.45) is 0 Å². The number of aryl methyl sites for hydroxylation is 3. The number of hydrogen-bond donors (Lipinski definition) is 2. The molecular weight excluding hydrogens is 502 g/mol. The maximum absolute atomic E-state index is 13.3. The van der Waals surface area contributed by atoms with Crippen LogP contribution in [0.4, 0.5) is 11.6 Å². The fourth-order valence-corrected chi connectivity index (χ4v) is 6.34. The minimum absolute atomic E-state index is 0.00367. The SMILES string of the molecule is CC(=O)c1cc(C)cc(C(C)=O)c1NC(=O)c1sc(C)c(C)c1S(=O)(=O)Nc1onc(C)c1Cl. The van der Waals surface area contributed by atoms with Gasteiger partial charge in [-0.25, -0.2) is 13.1 Å². The second-order valence-corrected chi connectivity index (χ2v) is 11.0. The first kappa shape index (κ1) is 25.6. The molecule has 0 aliphatic carbocycles. The molecule has 0 saturated heterocycles. The molecule has 180 valence electrons. The number of thiophene rings is 1. The topological polar surface area (TPSA) is 135 Å². The highest BCUT2D eigenvalue weighted by molar-refractivity contribution is 7.93. The molecule has 0 aliphatic rings. The van der Waals surface area contributed by atoms with Crippen LogP contribution in [-0.4, -0.2) is 31.0 Å². The molecule has 0 aliphatic heterocycles. The predicted octanol–water partition coefficient (Wildman–Crippen LogP) is 5.08. The van der Waals surface area contributed by atoms with Crippen molar-refractivity contribution in [3.8, 4) is 0 Å². The number of carbonyl (C=O) groups is 3. The number of anilines is 2. The summed E-state index contributed by atoms with van der Waals surface area (Å²) in [7, 11) is -4.31. The Hall–Kier alpha value is -3.02. The molecule has 3 aromatic rings. The fourth-order valence-electron chi connectivity index (χ4n) is 3.32. The smallest absolute Gasteiger partial charge is 0.267 e. The van der Waals surface area contributed by atoms with Crippen LogP contribution in [0, 0.1) is 27.7 Å². The average molecular weight is 524 g/mol. The standard InChI is InChI=1S/C22H22ClN3O6S2/c1-9-7-15(12(4)27)18(16(8-9)13(5)28)24-21(29)19-20(10(2)14(6)33-19)34(30,31)26-22-17(23)11(3)25-32-22/h7-8,26H,1-6H3,(H,24,29). The molecule has 2 aromatic heterocycles. The molecule has 2 heterocycles. The van der Waals surface area contributed by atoms with Crippen molar-refractivity contribution in [2.75, 3.05) is 10.0 Å². The third-order valence-electron chi connectivity index (χ3n) is 5.10. The van der Waals surface area contributed by atoms with Gasteiger partial charge < -0.3 is 9.84 Å². The molecule has 0 bridgehead atoms. The van der Waals surface area contributed by atoms with Crippen LogP contribution in [0.3, 0.4) is 0 Å². The van der Waals surface area contributed by atoms with Crippen LogP contribution in [0.15, 0.2) is 21.6 Å². The molecule has 1 aromatic carbocycles. The monoisotopic (exact) mass is 523 g/mol. The van der Waals surface area contributed by atoms with Gasteiger partial charge in [0.05, 0.1) is 5.69 Å². The van der Waals surface area contributed by atoms with Gasteiger partial charge in [-0.1, -0.05) is 16.8 Å². The largest absolute Gasteiger partial charge is 0.336 e. The molecule has 0 radical (unpaired) electrons. The number of rotatable bonds is 7. The number of sulfonamides is 1. The minimum Gasteiger partial charge on any atom is -0.336 e. The van der Waals surface area contributed by atoms with Gasteiger partial charge in [-0.15, -0.1) is 11.3 Å². The maximum atomic E-state index is 13.3. The second kappa shape index (κ2) is 9.32. The maximum Gasteiger partial charge on any atom is 0.267 e. The summed E-state index contributed by atoms with van der Waals surface area (Å²) in [5.41, 5.74) is 1.65. The first-order chi connectivity index (χ1) is 15.7. The van der Waals surface area contributed by atoms with E-state index in [0.717, 1.165) is 11.3 Å². The van der Waals surface area contributed by atoms with Crippen LogP contribution in [0.1, 0.15) is 65.9 Å². The summed E-state index contributed by atoms with van der Waals surface area (Å²) in [5.74, 6) is -1.77. The van der Waals surface area contributed by atoms with Crippen molar-refractivity contribution in [3.05, 3.63) is 54.9 Å². The number of ketones is 2. The van der Waals surface area contributed by atoms with E-state index in [1.165, 1.54) is 13.8 Å². The Morgan fingerprint density at radius 3 is 2.06 bits per heavy atom. The molecule has 0 fully saturated rings. The molecule has 34 heavy (non-hydrogen) atoms. The second-order valence-electron chi connectivity index (χ2n) is 7.76. The van der Waals surface area contributed by atoms with Crippen molar-refractivity contribution < 1.29 is 27.3 Å². The molecule has 2 N–H and O–H groups in total. The zero-order valence-electron chi connectivity index (χ0n) is 19.2. The number of Topliss-reactive ketones (excluding diaryl/α,β-unsaturated/α-hetero) is 2. The van der Waals surface area contributed by atoms with Gasteiger partial charge in [0.1, 0.15) is 20.5 Å². The molecule has 0 saturated carbocycles. The van der Waals surface area contributed by atoms with Crippen molar-refractivity contribution in [3.63, 3.8) is 0 Å². The summed E-state index contributed by atoms with van der Waals surface area (Å²) in [6.07, 6.45) is 0. The fraction of sp³-hybridized carbons (Fsp3) is 0.273. The highest BCUT2D eigenvalue weighted by atomic mass is 35.5. The van der Waals surface area contributed by atoms with E-state index in [0.29, 0.717) is 21.7 Å². The number of carbonyl (C=O) groups excluding carboxylic acids is 3. The highest BCUT2D eigenvalue weighted by Gasteiger charge is 2.31. The molecular formula is C22H22ClN3O6S2. The summed E-state index contributed by atoms with van der Waals surface area (Å²) in [5, 5.41) is 6.21. The number of aromatic nitrogens is 1. The lowest BCUT2D eigenvalue weighted by Gasteiger charge is -2.15. The van der Waals surface area contributed by atoms with E-state index in [2.05, 4.69) is 15.2 Å². The normalized spacial score (nSPS) is 11.4. The van der Waals surface area contributed by atoms with Crippen molar-refractivity contribution in [1.82, 2.24) is 5.16 Å². The van der Waals surface area contributed by atoms with E-state index in [9.17, 15) is 22.8 Å². The molecule has 12 heteroatoms. The van der Waals surface area contributed by atoms with E-state index in [4.69, 9.17) is 16.1 Å². The minimum atomic E-state index is -4.31. The zero-order valence-corrected chi connectivity index (χ0v) is 21.6. The lowest BCUT2D eigenvalue weighted by molar-refractivity contribution is 0.101. The predicted molar refractivity (Wildman–Crippen MR) is 130 cm³/mol. The van der Waals surface area contributed by atoms with E-state index in [-0.39, 0.29) is 49.1 Å². The quantitative estimate of drug-likeness (QED) is 0.412. The molecule has 0 unspecified atom stereocenters. The Balaban J connectivity index is 2.11. The Morgan fingerprint density at radius 2 is 1.59 bits per heavy atom. The van der Waals surface area contributed by atoms with E-state index >= 15 is 0 Å². The first-order valence-corrected chi connectivity index (χ1v) is 12.6. The highest BCUT2D eigenvalue weighted by Crippen LogP contribution is 2.35. The summed E-state index contributed by atoms with van der Waals surface area (Å²) in [4.78, 5) is 38.0. The van der Waals surface area contributed by atoms with Crippen LogP contribution >= 0.6 is 22.9 Å². The molecule has 3 rings (SSSR count). The van der Waals surface area contributed by atoms with Crippen molar-refractivity contribution >= 4 is 62.0 Å². The van der Waals surface area contributed by atoms with Gasteiger partial charge in [0, 0.05) is 16.0 Å². The van der Waals surface area contributed by atoms with Gasteiger partial charge in [-0.3, -0.25) is 14.4 Å². The summed E-state index contributed by atoms with van der Waals surface area (Å²) < 4.78 is 33.6. The van der Waals surface area contributed by atoms with Crippen molar-refractivity contribution in [2.45, 2.75) is 46.4 Å². The molecule has 1 amide bonds. The first-order valence-electron chi connectivity index (χ1n) is 9.97. The number of amides is 1. The van der Waals surface area contributed by atoms with Gasteiger partial charge >= 0.3 is 0 Å². The summed E-state index contributed by atoms with van der Waals surface area (Å²) >= 11 is 7.01. The third kappa shape index (κ3) is 4.77. The van der Waals surface area contributed by atoms with Gasteiger partial charge in [0.15, 0.2) is 11.6 Å². The number of halogens is 1. The third-order valence-corrected chi connectivity index (χ3v) is 8.39. The van der Waals surface area contributed by atoms with E-state index in [1.807, 2.05) is 0 Å². The summed E-state index contributed by atoms with van der Waals surface area (Å²) in [6.45, 7) is 9.15. The van der Waals surface area contributed by atoms with Crippen LogP contribution in [0.25, 0.3) is 0 Å². The van der Waals surface area contributed by atoms with Crippen LogP contribution < -0.4 is 10.0 Å². The average Bonchev–Trinajstić information content (AvgIpc) is 3.21. The number of nitrogens with zero attached hydrogens (tertiary/aromatic N) is 1. The summed E-state index contributed by atoms with van der Waals surface area (Å²) in [6, 6.07) is 3.12. The lowest BCUT2D eigenvalue weighted by atomic mass is 9.98. The Bertz CT molecular complexity index is 1420. The number of nitrogens with one attached hydrogen (secondary N) is 2. The molecule has 0 atom stereocenters. The zero-order chi connectivity index (χ0) is 25.5. The van der Waals surface area contributed by atoms with Crippen LogP contribution in [-0.2, 0) is 10.0 Å². The van der Waals surface area contributed by atoms with Gasteiger partial charge in [0.25, 0.3) is 21.8 Å². The Kier molecular flexibility index (Phi) is 7.02. The molecule has 0 spiro atoms. The Labute approximate surface area is 205 Å².